The zero-order valence-corrected chi connectivity index (χ0v) is 17.1. The molecule has 0 unspecified atom stereocenters. The van der Waals surface area contributed by atoms with Crippen LogP contribution in [-0.2, 0) is 0 Å². The van der Waals surface area contributed by atoms with E-state index in [0.717, 1.165) is 12.8 Å². The first-order valence-corrected chi connectivity index (χ1v) is 9.51. The van der Waals surface area contributed by atoms with Crippen molar-refractivity contribution in [3.05, 3.63) is 35.9 Å². The van der Waals surface area contributed by atoms with Gasteiger partial charge in [0.2, 0.25) is 5.82 Å². The normalized spacial score (nSPS) is 13.7. The Balaban J connectivity index is 0.00000240. The zero-order chi connectivity index (χ0) is 19.9. The lowest BCUT2D eigenvalue weighted by Crippen LogP contribution is -2.23. The summed E-state index contributed by atoms with van der Waals surface area (Å²) in [4.78, 5) is 13.4. The van der Waals surface area contributed by atoms with E-state index in [1.807, 2.05) is 24.5 Å². The number of rotatable bonds is 4. The van der Waals surface area contributed by atoms with E-state index in [4.69, 9.17) is 5.73 Å². The molecule has 0 amide bonds. The number of halogens is 2. The number of benzene rings is 1. The second-order valence-electron chi connectivity index (χ2n) is 7.14. The van der Waals surface area contributed by atoms with Crippen LogP contribution in [0.25, 0.3) is 22.6 Å². The van der Waals surface area contributed by atoms with Crippen LogP contribution in [0.15, 0.2) is 24.3 Å². The van der Waals surface area contributed by atoms with Gasteiger partial charge in [0.1, 0.15) is 17.2 Å². The number of nitrogen functional groups attached to an aromatic ring is 1. The smallest absolute Gasteiger partial charge is 0.209 e. The Hall–Kier alpha value is -2.69. The molecule has 0 aliphatic heterocycles. The molecule has 3 aromatic rings. The predicted octanol–water partition coefficient (Wildman–Crippen LogP) is 3.87. The Labute approximate surface area is 174 Å². The Kier molecular flexibility index (Phi) is 5.78. The average molecular weight is 416 g/mol. The topological polar surface area (TPSA) is 89.9 Å². The van der Waals surface area contributed by atoms with Crippen LogP contribution < -0.4 is 5.73 Å². The number of hydrogen-bond acceptors (Lipinski definition) is 5. The lowest BCUT2D eigenvalue weighted by Gasteiger charge is -2.16. The summed E-state index contributed by atoms with van der Waals surface area (Å²) in [5.74, 6) is 6.50. The van der Waals surface area contributed by atoms with Crippen LogP contribution in [0.3, 0.4) is 0 Å². The maximum absolute atomic E-state index is 13.7. The van der Waals surface area contributed by atoms with Gasteiger partial charge in [0.05, 0.1) is 0 Å². The predicted molar refractivity (Wildman–Crippen MR) is 113 cm³/mol. The van der Waals surface area contributed by atoms with Crippen LogP contribution >= 0.6 is 12.4 Å². The summed E-state index contributed by atoms with van der Waals surface area (Å²) in [6.45, 7) is 3.76. The van der Waals surface area contributed by atoms with E-state index in [1.54, 1.807) is 6.07 Å². The van der Waals surface area contributed by atoms with Gasteiger partial charge in [-0.1, -0.05) is 31.9 Å². The van der Waals surface area contributed by atoms with E-state index < -0.39 is 5.60 Å². The highest BCUT2D eigenvalue weighted by atomic mass is 35.5. The van der Waals surface area contributed by atoms with Crippen molar-refractivity contribution in [3.63, 3.8) is 0 Å². The zero-order valence-electron chi connectivity index (χ0n) is 16.3. The van der Waals surface area contributed by atoms with Crippen LogP contribution in [0.5, 0.6) is 0 Å². The molecule has 0 bridgehead atoms. The highest BCUT2D eigenvalue weighted by molar-refractivity contribution is 5.86. The van der Waals surface area contributed by atoms with E-state index in [2.05, 4.69) is 26.8 Å². The fraction of sp³-hybridized carbons (Fsp3) is 0.381. The fourth-order valence-electron chi connectivity index (χ4n) is 3.16. The first-order chi connectivity index (χ1) is 13.4. The monoisotopic (exact) mass is 415 g/mol. The van der Waals surface area contributed by atoms with Crippen LogP contribution in [-0.4, -0.2) is 30.2 Å². The minimum absolute atomic E-state index is 0. The van der Waals surface area contributed by atoms with Crippen molar-refractivity contribution in [2.45, 2.75) is 51.2 Å². The number of fused-ring (bicyclic) bond motifs is 1. The molecular formula is C21H23ClFN5O. The quantitative estimate of drug-likeness (QED) is 0.631. The van der Waals surface area contributed by atoms with Gasteiger partial charge in [-0.05, 0) is 43.7 Å². The summed E-state index contributed by atoms with van der Waals surface area (Å²) in [6, 6.07) is 6.58. The lowest BCUT2D eigenvalue weighted by atomic mass is 9.98. The molecule has 0 saturated heterocycles. The molecule has 1 saturated carbocycles. The third kappa shape index (κ3) is 4.04. The molecule has 1 aromatic carbocycles. The summed E-state index contributed by atoms with van der Waals surface area (Å²) < 4.78 is 15.7. The minimum atomic E-state index is -1.07. The van der Waals surface area contributed by atoms with Crippen LogP contribution in [0.2, 0.25) is 0 Å². The molecular weight excluding hydrogens is 393 g/mol. The summed E-state index contributed by atoms with van der Waals surface area (Å²) in [7, 11) is 0. The maximum atomic E-state index is 13.7. The first kappa shape index (κ1) is 21.0. The molecule has 1 aliphatic carbocycles. The molecule has 2 aromatic heterocycles. The highest BCUT2D eigenvalue weighted by Crippen LogP contribution is 2.41. The number of aliphatic hydroxyl groups is 1. The van der Waals surface area contributed by atoms with E-state index in [-0.39, 0.29) is 35.9 Å². The largest absolute Gasteiger partial charge is 0.382 e. The minimum Gasteiger partial charge on any atom is -0.382 e. The SMILES string of the molecule is CCC(O)(C#Cc1nc(N)c2nc(-c3cccc(F)c3)n(C3CC3)c2n1)CC.Cl. The second kappa shape index (κ2) is 7.97. The van der Waals surface area contributed by atoms with Gasteiger partial charge < -0.3 is 15.4 Å². The lowest BCUT2D eigenvalue weighted by molar-refractivity contribution is 0.0931. The van der Waals surface area contributed by atoms with Crippen molar-refractivity contribution in [2.24, 2.45) is 0 Å². The number of aromatic nitrogens is 4. The Morgan fingerprint density at radius 2 is 1.97 bits per heavy atom. The van der Waals surface area contributed by atoms with Crippen molar-refractivity contribution in [2.75, 3.05) is 5.73 Å². The molecule has 29 heavy (non-hydrogen) atoms. The van der Waals surface area contributed by atoms with Crippen LogP contribution in [0.4, 0.5) is 10.2 Å². The van der Waals surface area contributed by atoms with Crippen molar-refractivity contribution >= 4 is 29.4 Å². The number of nitrogens with zero attached hydrogens (tertiary/aromatic N) is 4. The molecule has 6 nitrogen and oxygen atoms in total. The number of anilines is 1. The summed E-state index contributed by atoms with van der Waals surface area (Å²) in [5, 5.41) is 10.4. The van der Waals surface area contributed by atoms with Gasteiger partial charge in [0.15, 0.2) is 17.0 Å². The molecule has 0 spiro atoms. The van der Waals surface area contributed by atoms with Gasteiger partial charge in [0.25, 0.3) is 0 Å². The van der Waals surface area contributed by atoms with Gasteiger partial charge in [-0.25, -0.2) is 19.3 Å². The van der Waals surface area contributed by atoms with E-state index in [9.17, 15) is 9.50 Å². The van der Waals surface area contributed by atoms with E-state index >= 15 is 0 Å². The summed E-state index contributed by atoms with van der Waals surface area (Å²) in [5.41, 5.74) is 6.81. The van der Waals surface area contributed by atoms with Crippen molar-refractivity contribution in [1.82, 2.24) is 19.5 Å². The molecule has 1 aliphatic rings. The fourth-order valence-corrected chi connectivity index (χ4v) is 3.16. The summed E-state index contributed by atoms with van der Waals surface area (Å²) in [6.07, 6.45) is 3.03. The molecule has 8 heteroatoms. The van der Waals surface area contributed by atoms with Crippen LogP contribution in [0.1, 0.15) is 51.4 Å². The molecule has 152 valence electrons. The van der Waals surface area contributed by atoms with Gasteiger partial charge in [0, 0.05) is 11.6 Å². The number of hydrogen-bond donors (Lipinski definition) is 2. The van der Waals surface area contributed by atoms with Gasteiger partial charge in [-0.15, -0.1) is 12.4 Å². The molecule has 0 atom stereocenters. The van der Waals surface area contributed by atoms with Crippen LogP contribution in [0, 0.1) is 17.7 Å². The average Bonchev–Trinajstić information content (AvgIpc) is 3.46. The summed E-state index contributed by atoms with van der Waals surface area (Å²) >= 11 is 0. The Morgan fingerprint density at radius 1 is 1.24 bits per heavy atom. The third-order valence-corrected chi connectivity index (χ3v) is 5.14. The first-order valence-electron chi connectivity index (χ1n) is 9.51. The van der Waals surface area contributed by atoms with Gasteiger partial charge >= 0.3 is 0 Å². The number of nitrogens with two attached hydrogens (primary N) is 1. The molecule has 0 radical (unpaired) electrons. The van der Waals surface area contributed by atoms with Crippen molar-refractivity contribution in [3.8, 4) is 23.2 Å². The molecule has 1 fully saturated rings. The Bertz CT molecular complexity index is 1110. The maximum Gasteiger partial charge on any atom is 0.209 e. The van der Waals surface area contributed by atoms with Gasteiger partial charge in [-0.2, -0.15) is 0 Å². The molecule has 3 N–H and O–H groups in total. The highest BCUT2D eigenvalue weighted by Gasteiger charge is 2.30. The Morgan fingerprint density at radius 3 is 2.59 bits per heavy atom. The molecule has 2 heterocycles. The number of imidazole rings is 1. The molecule has 4 rings (SSSR count). The van der Waals surface area contributed by atoms with Crippen molar-refractivity contribution in [1.29, 1.82) is 0 Å². The third-order valence-electron chi connectivity index (χ3n) is 5.14. The van der Waals surface area contributed by atoms with Crippen molar-refractivity contribution < 1.29 is 9.50 Å². The van der Waals surface area contributed by atoms with E-state index in [0.29, 0.717) is 35.4 Å². The standard InChI is InChI=1S/C21H22FN5O.ClH/c1-3-21(28,4-2)11-10-16-24-18(23)17-20(25-16)27(15-8-9-15)19(26-17)13-6-5-7-14(22)12-13;/h5-7,12,15,28H,3-4,8-9H2,1-2H3,(H2,23,24,25);1H. The van der Waals surface area contributed by atoms with Gasteiger partial charge in [-0.3, -0.25) is 0 Å². The second-order valence-corrected chi connectivity index (χ2v) is 7.14. The van der Waals surface area contributed by atoms with E-state index in [1.165, 1.54) is 12.1 Å².